The fraction of sp³-hybridized carbons (Fsp3) is 0.691. The molecule has 2 aromatic carbocycles. The van der Waals surface area contributed by atoms with Crippen LogP contribution < -0.4 is 10.2 Å². The van der Waals surface area contributed by atoms with Gasteiger partial charge in [0.25, 0.3) is 0 Å². The Morgan fingerprint density at radius 2 is 1.00 bits per heavy atom. The maximum absolute atomic E-state index is 13.1. The number of benzene rings is 2. The second-order valence-electron chi connectivity index (χ2n) is 21.5. The van der Waals surface area contributed by atoms with Crippen LogP contribution in [0.5, 0.6) is 0 Å². The largest absolute Gasteiger partial charge is 0.460 e. The molecule has 2 aromatic rings. The van der Waals surface area contributed by atoms with Crippen LogP contribution in [0.2, 0.25) is 0 Å². The van der Waals surface area contributed by atoms with E-state index in [2.05, 4.69) is 85.7 Å². The van der Waals surface area contributed by atoms with Crippen molar-refractivity contribution >= 4 is 74.4 Å². The van der Waals surface area contributed by atoms with E-state index in [9.17, 15) is 19.2 Å². The number of halogens is 2. The normalized spacial score (nSPS) is 17.8. The Hall–Kier alpha value is -1.64. The number of carbonyl (C=O) groups excluding carboxylic acids is 4. The molecule has 0 bridgehead atoms. The summed E-state index contributed by atoms with van der Waals surface area (Å²) < 4.78 is 22.6. The predicted octanol–water partition coefficient (Wildman–Crippen LogP) is 9.84. The number of piperidine rings is 2. The van der Waals surface area contributed by atoms with Crippen molar-refractivity contribution in [3.63, 3.8) is 0 Å². The Kier molecular flexibility index (Phi) is 28.2. The average molecular weight is 1240 g/mol. The first-order chi connectivity index (χ1) is 32.4. The minimum Gasteiger partial charge on any atom is -0.460 e. The van der Waals surface area contributed by atoms with Gasteiger partial charge in [-0.05, 0) is 178 Å². The van der Waals surface area contributed by atoms with Gasteiger partial charge >= 0.3 is 11.9 Å². The molecule has 0 aliphatic carbocycles. The number of Topliss-reactive ketones (excluding diaryl/α,β-unsaturated/α-hetero) is 2. The summed E-state index contributed by atoms with van der Waals surface area (Å²) >= 11 is 4.19. The molecule has 0 spiro atoms. The second-order valence-corrected chi connectivity index (χ2v) is 22.6. The smallest absolute Gasteiger partial charge is 0.313 e. The molecule has 4 heterocycles. The Bertz CT molecular complexity index is 1910. The van der Waals surface area contributed by atoms with Crippen LogP contribution in [0, 0.1) is 8.50 Å². The molecule has 4 aliphatic heterocycles. The number of hydrogen-bond acceptors (Lipinski definition) is 12. The van der Waals surface area contributed by atoms with E-state index in [0.29, 0.717) is 6.04 Å². The zero-order valence-corrected chi connectivity index (χ0v) is 50.5. The molecule has 0 saturated carbocycles. The van der Waals surface area contributed by atoms with Crippen molar-refractivity contribution in [1.29, 1.82) is 0 Å². The van der Waals surface area contributed by atoms with E-state index in [1.165, 1.54) is 42.7 Å². The number of aryl methyl sites for hydroxylation is 2. The van der Waals surface area contributed by atoms with E-state index in [4.69, 9.17) is 18.9 Å². The Morgan fingerprint density at radius 3 is 1.39 bits per heavy atom. The van der Waals surface area contributed by atoms with Crippen molar-refractivity contribution in [3.05, 3.63) is 67.2 Å². The second kappa shape index (κ2) is 30.7. The van der Waals surface area contributed by atoms with Crippen molar-refractivity contribution in [3.8, 4) is 0 Å². The zero-order valence-electron chi connectivity index (χ0n) is 44.8. The van der Waals surface area contributed by atoms with Gasteiger partial charge in [-0.15, -0.1) is 0 Å². The molecule has 1 radical (unpaired) electrons. The molecular formula is C55H87I2N4O8V-. The fourth-order valence-electron chi connectivity index (χ4n) is 9.08. The monoisotopic (exact) mass is 1240 g/mol. The molecule has 12 nitrogen and oxygen atoms in total. The van der Waals surface area contributed by atoms with E-state index in [1.54, 1.807) is 20.8 Å². The molecule has 0 unspecified atom stereocenters. The third-order valence-corrected chi connectivity index (χ3v) is 14.4. The van der Waals surface area contributed by atoms with Gasteiger partial charge < -0.3 is 51.8 Å². The number of nitrogens with zero attached hydrogens (tertiary/aromatic N) is 3. The van der Waals surface area contributed by atoms with Crippen LogP contribution in [-0.2, 0) is 80.4 Å². The van der Waals surface area contributed by atoms with Gasteiger partial charge in [0.2, 0.25) is 0 Å². The maximum Gasteiger partial charge on any atom is 0.313 e. The number of hydrogen-bond donors (Lipinski definition) is 1. The summed E-state index contributed by atoms with van der Waals surface area (Å²) in [6.45, 7) is 35.0. The molecule has 6 rings (SSSR count). The molecule has 1 N–H and O–H groups in total. The van der Waals surface area contributed by atoms with Crippen LogP contribution in [0.15, 0.2) is 36.4 Å². The van der Waals surface area contributed by atoms with E-state index >= 15 is 0 Å². The van der Waals surface area contributed by atoms with Gasteiger partial charge in [0.05, 0.1) is 26.4 Å². The quantitative estimate of drug-likeness (QED) is 0.0888. The molecule has 395 valence electrons. The van der Waals surface area contributed by atoms with Crippen LogP contribution in [-0.4, -0.2) is 135 Å². The number of ether oxygens (including phenoxy) is 4. The number of nitrogens with one attached hydrogen (secondary N) is 1. The molecule has 70 heavy (non-hydrogen) atoms. The van der Waals surface area contributed by atoms with Gasteiger partial charge in [0.1, 0.15) is 24.0 Å². The Labute approximate surface area is 462 Å². The number of esters is 2. The zero-order chi connectivity index (χ0) is 51.6. The standard InChI is InChI=1S/C27H42N2O4.C18H25IO3.C9H18N2O.CH2I.V/c1-7-20-8-9-21(27(5,6)24(30)19-25(31)33-26(2,3)4)18-23(20)29-12-10-22(11-13-29)28-14-16-32-17-15-28;1-7-12-8-9-13(10-14(12)19)18(5,6)15(20)11-16(21)22-17(2,3)4;1-3-10-4-2-9(1)11-5-7-12-8-6-11;1-2;/h8-9,18,22H,7,10-17,19H2,1-6H3;8-10H,7,11H2,1-6H3;9-10H,1-8H2;1H2;/q;;;-1;. The Morgan fingerprint density at radius 1 is 0.614 bits per heavy atom. The number of anilines is 1. The SMILES string of the molecule is C1CC(N2CCOCC2)CCN1.CCc1ccc(C(C)(C)C(=O)CC(=O)OC(C)(C)C)cc1I.CCc1ccc(C(C)(C)C(=O)CC(=O)OC(C)(C)C)cc1N1CCC(N2CCOCC2)CC1.[CH2-]I.[V]. The van der Waals surface area contributed by atoms with Crippen LogP contribution in [0.3, 0.4) is 0 Å². The summed E-state index contributed by atoms with van der Waals surface area (Å²) in [6.07, 6.45) is 6.44. The molecule has 0 aromatic heterocycles. The maximum atomic E-state index is 13.1. The van der Waals surface area contributed by atoms with E-state index in [0.717, 1.165) is 112 Å². The molecule has 4 fully saturated rings. The predicted molar refractivity (Wildman–Crippen MR) is 297 cm³/mol. The topological polar surface area (TPSA) is 127 Å². The molecule has 0 atom stereocenters. The number of carbonyl (C=O) groups is 4. The molecule has 0 amide bonds. The van der Waals surface area contributed by atoms with Crippen LogP contribution in [0.4, 0.5) is 5.69 Å². The molecule has 15 heteroatoms. The van der Waals surface area contributed by atoms with E-state index in [-0.39, 0.29) is 43.0 Å². The first-order valence-electron chi connectivity index (χ1n) is 25.2. The third-order valence-electron chi connectivity index (χ3n) is 13.4. The van der Waals surface area contributed by atoms with Crippen molar-refractivity contribution in [2.45, 2.75) is 169 Å². The number of rotatable bonds is 13. The van der Waals surface area contributed by atoms with Gasteiger partial charge in [-0.2, -0.15) is 0 Å². The Balaban J connectivity index is 0.000000389. The van der Waals surface area contributed by atoms with E-state index < -0.39 is 34.0 Å². The van der Waals surface area contributed by atoms with E-state index in [1.807, 2.05) is 83.2 Å². The minimum atomic E-state index is -0.760. The summed E-state index contributed by atoms with van der Waals surface area (Å²) in [5, 5.41) is 3.40. The third kappa shape index (κ3) is 20.9. The van der Waals surface area contributed by atoms with Gasteiger partial charge in [0.15, 0.2) is 11.6 Å². The van der Waals surface area contributed by atoms with Gasteiger partial charge in [-0.25, -0.2) is 0 Å². The van der Waals surface area contributed by atoms with Gasteiger partial charge in [-0.3, -0.25) is 33.9 Å². The first kappa shape index (κ1) is 64.5. The summed E-state index contributed by atoms with van der Waals surface area (Å²) in [6, 6.07) is 13.9. The van der Waals surface area contributed by atoms with Crippen molar-refractivity contribution in [2.24, 2.45) is 0 Å². The summed E-state index contributed by atoms with van der Waals surface area (Å²) in [7, 11) is 0. The van der Waals surface area contributed by atoms with Crippen molar-refractivity contribution in [2.75, 3.05) is 83.7 Å². The first-order valence-corrected chi connectivity index (χ1v) is 27.8. The molecule has 4 saturated heterocycles. The van der Waals surface area contributed by atoms with Gasteiger partial charge in [0, 0.05) is 90.0 Å². The summed E-state index contributed by atoms with van der Waals surface area (Å²) in [5.74, 6) is -1.17. The van der Waals surface area contributed by atoms with Gasteiger partial charge in [-0.1, -0.05) is 38.1 Å². The number of ketones is 2. The van der Waals surface area contributed by atoms with Crippen LogP contribution in [0.1, 0.15) is 144 Å². The summed E-state index contributed by atoms with van der Waals surface area (Å²) in [5.41, 5.74) is 3.06. The minimum absolute atomic E-state index is 0. The molecule has 4 aliphatic rings. The fourth-order valence-corrected chi connectivity index (χ4v) is 9.98. The summed E-state index contributed by atoms with van der Waals surface area (Å²) in [4.78, 5) is 60.6. The molecular weight excluding hydrogens is 1150 g/mol. The van der Waals surface area contributed by atoms with Crippen LogP contribution in [0.25, 0.3) is 0 Å². The van der Waals surface area contributed by atoms with Crippen LogP contribution >= 0.6 is 45.2 Å². The van der Waals surface area contributed by atoms with Crippen molar-refractivity contribution < 1.29 is 56.7 Å². The number of morpholine rings is 2. The van der Waals surface area contributed by atoms with Crippen molar-refractivity contribution in [1.82, 2.24) is 15.1 Å². The average Bonchev–Trinajstić information content (AvgIpc) is 3.32.